The van der Waals surface area contributed by atoms with Crippen LogP contribution in [0, 0.1) is 10.6 Å². The smallest absolute Gasteiger partial charge is 0.105 e. The second-order valence-corrected chi connectivity index (χ2v) is 4.16. The van der Waals surface area contributed by atoms with Gasteiger partial charge in [-0.3, -0.25) is 5.10 Å². The summed E-state index contributed by atoms with van der Waals surface area (Å²) in [7, 11) is 0. The molecule has 0 amide bonds. The molecule has 4 heteroatoms. The third kappa shape index (κ3) is 1.21. The fourth-order valence-electron chi connectivity index (χ4n) is 1.19. The number of hydrogen-bond donors (Lipinski definition) is 1. The molecule has 2 aromatic rings. The van der Waals surface area contributed by atoms with Crippen LogP contribution < -0.4 is 0 Å². The highest BCUT2D eigenvalue weighted by molar-refractivity contribution is 14.1. The van der Waals surface area contributed by atoms with Crippen LogP contribution in [0.4, 0.5) is 0 Å². The van der Waals surface area contributed by atoms with E-state index in [1.165, 1.54) is 0 Å². The number of aromatic amines is 1. The Hall–Kier alpha value is -0.290. The minimum Gasteiger partial charge on any atom is -0.271 e. The number of hydrogen-bond acceptors (Lipinski definition) is 1. The lowest BCUT2D eigenvalue weighted by molar-refractivity contribution is 1.09. The van der Waals surface area contributed by atoms with Crippen molar-refractivity contribution in [1.82, 2.24) is 10.2 Å². The fourth-order valence-corrected chi connectivity index (χ4v) is 2.40. The van der Waals surface area contributed by atoms with Crippen LogP contribution in [-0.4, -0.2) is 10.2 Å². The van der Waals surface area contributed by atoms with Gasteiger partial charge in [-0.05, 0) is 47.2 Å². The standard InChI is InChI=1S/C8H6ClIN2/c1-4-2-5(9)7-6(3-4)11-12-8(7)10/h2-3H,1H3,(H,11,12). The summed E-state index contributed by atoms with van der Waals surface area (Å²) >= 11 is 8.23. The van der Waals surface area contributed by atoms with E-state index in [0.717, 1.165) is 25.2 Å². The van der Waals surface area contributed by atoms with Gasteiger partial charge >= 0.3 is 0 Å². The van der Waals surface area contributed by atoms with Crippen molar-refractivity contribution < 1.29 is 0 Å². The Bertz CT molecular complexity index is 436. The lowest BCUT2D eigenvalue weighted by Crippen LogP contribution is -1.75. The summed E-state index contributed by atoms with van der Waals surface area (Å²) in [6.45, 7) is 2.01. The molecule has 1 heterocycles. The second kappa shape index (κ2) is 2.88. The lowest BCUT2D eigenvalue weighted by atomic mass is 10.2. The molecular weight excluding hydrogens is 286 g/mol. The quantitative estimate of drug-likeness (QED) is 0.743. The molecule has 0 aliphatic rings. The Morgan fingerprint density at radius 1 is 1.50 bits per heavy atom. The number of nitrogens with one attached hydrogen (secondary N) is 1. The zero-order valence-corrected chi connectivity index (χ0v) is 9.27. The minimum absolute atomic E-state index is 0.767. The number of rotatable bonds is 0. The van der Waals surface area contributed by atoms with Gasteiger partial charge in [0.05, 0.1) is 15.9 Å². The van der Waals surface area contributed by atoms with E-state index in [1.807, 2.05) is 19.1 Å². The van der Waals surface area contributed by atoms with Crippen molar-refractivity contribution in [3.05, 3.63) is 26.4 Å². The highest BCUT2D eigenvalue weighted by Gasteiger charge is 2.06. The van der Waals surface area contributed by atoms with E-state index in [9.17, 15) is 0 Å². The van der Waals surface area contributed by atoms with Crippen LogP contribution >= 0.6 is 34.2 Å². The van der Waals surface area contributed by atoms with E-state index >= 15 is 0 Å². The molecular formula is C8H6ClIN2. The Morgan fingerprint density at radius 3 is 3.00 bits per heavy atom. The average Bonchev–Trinajstić information content (AvgIpc) is 2.31. The van der Waals surface area contributed by atoms with Gasteiger partial charge in [0.1, 0.15) is 3.70 Å². The average molecular weight is 293 g/mol. The largest absolute Gasteiger partial charge is 0.271 e. The summed E-state index contributed by atoms with van der Waals surface area (Å²) in [5.74, 6) is 0. The van der Waals surface area contributed by atoms with Crippen LogP contribution in [0.2, 0.25) is 5.02 Å². The van der Waals surface area contributed by atoms with Gasteiger partial charge in [-0.1, -0.05) is 11.6 Å². The summed E-state index contributed by atoms with van der Waals surface area (Å²) in [5, 5.41) is 8.80. The molecule has 0 bridgehead atoms. The summed E-state index contributed by atoms with van der Waals surface area (Å²) in [5.41, 5.74) is 2.07. The van der Waals surface area contributed by atoms with E-state index in [-0.39, 0.29) is 0 Å². The molecule has 0 fully saturated rings. The van der Waals surface area contributed by atoms with Gasteiger partial charge in [0.25, 0.3) is 0 Å². The number of nitrogens with zero attached hydrogens (tertiary/aromatic N) is 1. The fraction of sp³-hybridized carbons (Fsp3) is 0.125. The first kappa shape index (κ1) is 8.31. The van der Waals surface area contributed by atoms with Gasteiger partial charge in [0, 0.05) is 0 Å². The van der Waals surface area contributed by atoms with E-state index in [2.05, 4.69) is 32.8 Å². The first-order valence-electron chi connectivity index (χ1n) is 3.48. The molecule has 12 heavy (non-hydrogen) atoms. The third-order valence-corrected chi connectivity index (χ3v) is 2.79. The molecule has 2 nitrogen and oxygen atoms in total. The Balaban J connectivity index is 2.93. The third-order valence-electron chi connectivity index (χ3n) is 1.71. The molecule has 1 N–H and O–H groups in total. The van der Waals surface area contributed by atoms with E-state index in [0.29, 0.717) is 0 Å². The number of fused-ring (bicyclic) bond motifs is 1. The maximum absolute atomic E-state index is 6.04. The first-order chi connectivity index (χ1) is 5.68. The van der Waals surface area contributed by atoms with Gasteiger partial charge < -0.3 is 0 Å². The van der Waals surface area contributed by atoms with Gasteiger partial charge in [-0.25, -0.2) is 0 Å². The molecule has 1 aromatic heterocycles. The Labute approximate surface area is 88.4 Å². The molecule has 2 rings (SSSR count). The number of H-pyrrole nitrogens is 1. The zero-order chi connectivity index (χ0) is 8.72. The normalized spacial score (nSPS) is 10.9. The number of halogens is 2. The highest BCUT2D eigenvalue weighted by atomic mass is 127. The SMILES string of the molecule is Cc1cc(Cl)c2c(I)[nH]nc2c1. The monoisotopic (exact) mass is 292 g/mol. The molecule has 0 aliphatic heterocycles. The molecule has 1 aromatic carbocycles. The molecule has 0 saturated carbocycles. The highest BCUT2D eigenvalue weighted by Crippen LogP contribution is 2.27. The van der Waals surface area contributed by atoms with Crippen molar-refractivity contribution >= 4 is 45.1 Å². The molecule has 0 spiro atoms. The zero-order valence-electron chi connectivity index (χ0n) is 6.36. The van der Waals surface area contributed by atoms with Crippen molar-refractivity contribution in [2.75, 3.05) is 0 Å². The predicted molar refractivity (Wildman–Crippen MR) is 58.6 cm³/mol. The van der Waals surface area contributed by atoms with Crippen molar-refractivity contribution in [1.29, 1.82) is 0 Å². The van der Waals surface area contributed by atoms with Crippen LogP contribution in [0.1, 0.15) is 5.56 Å². The number of aromatic nitrogens is 2. The minimum atomic E-state index is 0.767. The lowest BCUT2D eigenvalue weighted by Gasteiger charge is -1.95. The molecule has 0 unspecified atom stereocenters. The van der Waals surface area contributed by atoms with Crippen molar-refractivity contribution in [2.24, 2.45) is 0 Å². The van der Waals surface area contributed by atoms with Crippen LogP contribution in [0.25, 0.3) is 10.9 Å². The van der Waals surface area contributed by atoms with E-state index in [4.69, 9.17) is 11.6 Å². The van der Waals surface area contributed by atoms with Crippen LogP contribution in [-0.2, 0) is 0 Å². The first-order valence-corrected chi connectivity index (χ1v) is 4.94. The molecule has 62 valence electrons. The van der Waals surface area contributed by atoms with Crippen molar-refractivity contribution in [2.45, 2.75) is 6.92 Å². The summed E-state index contributed by atoms with van der Waals surface area (Å²) in [6, 6.07) is 3.96. The Morgan fingerprint density at radius 2 is 2.25 bits per heavy atom. The molecule has 0 atom stereocenters. The topological polar surface area (TPSA) is 28.7 Å². The van der Waals surface area contributed by atoms with Gasteiger partial charge in [-0.2, -0.15) is 5.10 Å². The van der Waals surface area contributed by atoms with Crippen molar-refractivity contribution in [3.63, 3.8) is 0 Å². The van der Waals surface area contributed by atoms with Gasteiger partial charge in [0.2, 0.25) is 0 Å². The van der Waals surface area contributed by atoms with Gasteiger partial charge in [-0.15, -0.1) is 0 Å². The number of aryl methyl sites for hydroxylation is 1. The van der Waals surface area contributed by atoms with E-state index in [1.54, 1.807) is 0 Å². The summed E-state index contributed by atoms with van der Waals surface area (Å²) < 4.78 is 0.993. The van der Waals surface area contributed by atoms with Gasteiger partial charge in [0.15, 0.2) is 0 Å². The predicted octanol–water partition coefficient (Wildman–Crippen LogP) is 3.13. The van der Waals surface area contributed by atoms with Crippen molar-refractivity contribution in [3.8, 4) is 0 Å². The van der Waals surface area contributed by atoms with Crippen LogP contribution in [0.15, 0.2) is 12.1 Å². The Kier molecular flexibility index (Phi) is 2.00. The summed E-state index contributed by atoms with van der Waals surface area (Å²) in [6.07, 6.45) is 0. The molecule has 0 saturated heterocycles. The van der Waals surface area contributed by atoms with Crippen LogP contribution in [0.3, 0.4) is 0 Å². The summed E-state index contributed by atoms with van der Waals surface area (Å²) in [4.78, 5) is 0. The maximum atomic E-state index is 6.04. The number of benzene rings is 1. The molecule has 0 radical (unpaired) electrons. The molecule has 0 aliphatic carbocycles. The second-order valence-electron chi connectivity index (χ2n) is 2.68. The van der Waals surface area contributed by atoms with Crippen LogP contribution in [0.5, 0.6) is 0 Å². The maximum Gasteiger partial charge on any atom is 0.105 e. The van der Waals surface area contributed by atoms with E-state index < -0.39 is 0 Å².